The molecular formula is C19H14ClF2N5S. The average Bonchev–Trinajstić information content (AvgIpc) is 3.38. The molecule has 0 fully saturated rings. The standard InChI is InChI=1S/C19H14ClF2N5S/c1-2-11-9-14(19-24-6-8-28-19)25-26-15(11)10-27-7-5-23-18(27)16-13(21)4-3-12(20)17(16)22/h3-9H,2,10H2,1H3. The van der Waals surface area contributed by atoms with E-state index < -0.39 is 11.6 Å². The molecule has 0 radical (unpaired) electrons. The number of hydrogen-bond acceptors (Lipinski definition) is 5. The smallest absolute Gasteiger partial charge is 0.155 e. The van der Waals surface area contributed by atoms with Crippen LogP contribution in [0.15, 0.2) is 42.2 Å². The highest BCUT2D eigenvalue weighted by molar-refractivity contribution is 7.13. The first-order valence-electron chi connectivity index (χ1n) is 8.48. The fourth-order valence-electron chi connectivity index (χ4n) is 2.91. The molecular weight excluding hydrogens is 404 g/mol. The summed E-state index contributed by atoms with van der Waals surface area (Å²) in [4.78, 5) is 8.38. The molecule has 0 aliphatic heterocycles. The molecule has 3 aromatic heterocycles. The van der Waals surface area contributed by atoms with Crippen molar-refractivity contribution in [3.8, 4) is 22.1 Å². The van der Waals surface area contributed by atoms with Gasteiger partial charge < -0.3 is 4.57 Å². The lowest BCUT2D eigenvalue weighted by molar-refractivity contribution is 0.584. The highest BCUT2D eigenvalue weighted by Gasteiger charge is 2.20. The van der Waals surface area contributed by atoms with Crippen molar-refractivity contribution < 1.29 is 8.78 Å². The van der Waals surface area contributed by atoms with Crippen molar-refractivity contribution in [3.05, 3.63) is 70.1 Å². The Balaban J connectivity index is 1.72. The SMILES string of the molecule is CCc1cc(-c2nccs2)nnc1Cn1ccnc1-c1c(F)ccc(Cl)c1F. The maximum Gasteiger partial charge on any atom is 0.155 e. The minimum atomic E-state index is -0.838. The van der Waals surface area contributed by atoms with Gasteiger partial charge in [0, 0.05) is 24.0 Å². The highest BCUT2D eigenvalue weighted by atomic mass is 35.5. The minimum Gasteiger partial charge on any atom is -0.325 e. The summed E-state index contributed by atoms with van der Waals surface area (Å²) >= 11 is 7.31. The van der Waals surface area contributed by atoms with E-state index in [-0.39, 0.29) is 23.0 Å². The van der Waals surface area contributed by atoms with Crippen molar-refractivity contribution >= 4 is 22.9 Å². The van der Waals surface area contributed by atoms with E-state index in [4.69, 9.17) is 11.6 Å². The molecule has 28 heavy (non-hydrogen) atoms. The molecule has 0 N–H and O–H groups in total. The number of imidazole rings is 1. The van der Waals surface area contributed by atoms with Gasteiger partial charge in [0.15, 0.2) is 5.82 Å². The largest absolute Gasteiger partial charge is 0.325 e. The molecule has 0 bridgehead atoms. The van der Waals surface area contributed by atoms with E-state index in [1.165, 1.54) is 23.6 Å². The third-order valence-corrected chi connectivity index (χ3v) is 5.38. The lowest BCUT2D eigenvalue weighted by atomic mass is 10.1. The molecule has 0 amide bonds. The maximum absolute atomic E-state index is 14.4. The van der Waals surface area contributed by atoms with Crippen LogP contribution in [0.3, 0.4) is 0 Å². The first-order chi connectivity index (χ1) is 13.6. The zero-order valence-electron chi connectivity index (χ0n) is 14.7. The number of aromatic nitrogens is 5. The van der Waals surface area contributed by atoms with E-state index in [0.29, 0.717) is 11.4 Å². The summed E-state index contributed by atoms with van der Waals surface area (Å²) in [6.45, 7) is 2.28. The number of halogens is 3. The molecule has 142 valence electrons. The van der Waals surface area contributed by atoms with Crippen LogP contribution in [0.25, 0.3) is 22.1 Å². The number of nitrogens with zero attached hydrogens (tertiary/aromatic N) is 5. The lowest BCUT2D eigenvalue weighted by Crippen LogP contribution is -2.09. The predicted molar refractivity (Wildman–Crippen MR) is 104 cm³/mol. The second-order valence-corrected chi connectivity index (χ2v) is 7.29. The molecule has 0 saturated carbocycles. The van der Waals surface area contributed by atoms with Gasteiger partial charge in [0.25, 0.3) is 0 Å². The molecule has 0 unspecified atom stereocenters. The third-order valence-electron chi connectivity index (χ3n) is 4.30. The fourth-order valence-corrected chi connectivity index (χ4v) is 3.66. The second kappa shape index (κ2) is 7.73. The molecule has 5 nitrogen and oxygen atoms in total. The van der Waals surface area contributed by atoms with Crippen LogP contribution in [0.2, 0.25) is 5.02 Å². The topological polar surface area (TPSA) is 56.5 Å². The lowest BCUT2D eigenvalue weighted by Gasteiger charge is -2.12. The molecule has 0 saturated heterocycles. The monoisotopic (exact) mass is 417 g/mol. The minimum absolute atomic E-state index is 0.144. The first-order valence-corrected chi connectivity index (χ1v) is 9.74. The number of hydrogen-bond donors (Lipinski definition) is 0. The van der Waals surface area contributed by atoms with Gasteiger partial charge in [-0.25, -0.2) is 18.7 Å². The molecule has 0 spiro atoms. The summed E-state index contributed by atoms with van der Waals surface area (Å²) in [5, 5.41) is 11.1. The zero-order valence-corrected chi connectivity index (χ0v) is 16.3. The number of aryl methyl sites for hydroxylation is 1. The summed E-state index contributed by atoms with van der Waals surface area (Å²) in [6, 6.07) is 4.25. The molecule has 3 heterocycles. The third kappa shape index (κ3) is 3.41. The average molecular weight is 418 g/mol. The van der Waals surface area contributed by atoms with Gasteiger partial charge in [-0.1, -0.05) is 18.5 Å². The molecule has 0 aliphatic carbocycles. The van der Waals surface area contributed by atoms with Gasteiger partial charge in [0.2, 0.25) is 0 Å². The van der Waals surface area contributed by atoms with Gasteiger partial charge in [-0.2, -0.15) is 5.10 Å². The summed E-state index contributed by atoms with van der Waals surface area (Å²) in [7, 11) is 0. The van der Waals surface area contributed by atoms with Crippen LogP contribution >= 0.6 is 22.9 Å². The van der Waals surface area contributed by atoms with Crippen molar-refractivity contribution in [2.24, 2.45) is 0 Å². The number of benzene rings is 1. The van der Waals surface area contributed by atoms with Gasteiger partial charge in [-0.3, -0.25) is 0 Å². The van der Waals surface area contributed by atoms with E-state index in [9.17, 15) is 8.78 Å². The van der Waals surface area contributed by atoms with Crippen molar-refractivity contribution in [1.29, 1.82) is 0 Å². The van der Waals surface area contributed by atoms with Crippen LogP contribution in [-0.4, -0.2) is 24.7 Å². The highest BCUT2D eigenvalue weighted by Crippen LogP contribution is 2.30. The summed E-state index contributed by atoms with van der Waals surface area (Å²) < 4.78 is 30.4. The fraction of sp³-hybridized carbons (Fsp3) is 0.158. The zero-order chi connectivity index (χ0) is 19.7. The normalized spacial score (nSPS) is 11.1. The first kappa shape index (κ1) is 18.6. The van der Waals surface area contributed by atoms with Crippen LogP contribution < -0.4 is 0 Å². The Kier molecular flexibility index (Phi) is 5.15. The molecule has 1 aromatic carbocycles. The van der Waals surface area contributed by atoms with Crippen molar-refractivity contribution in [2.75, 3.05) is 0 Å². The van der Waals surface area contributed by atoms with Gasteiger partial charge in [0.05, 0.1) is 22.8 Å². The van der Waals surface area contributed by atoms with Crippen LogP contribution in [0.5, 0.6) is 0 Å². The summed E-state index contributed by atoms with van der Waals surface area (Å²) in [5.74, 6) is -1.42. The summed E-state index contributed by atoms with van der Waals surface area (Å²) in [5.41, 5.74) is 2.12. The van der Waals surface area contributed by atoms with E-state index in [1.54, 1.807) is 17.0 Å². The Morgan fingerprint density at radius 2 is 2.00 bits per heavy atom. The van der Waals surface area contributed by atoms with Gasteiger partial charge in [-0.15, -0.1) is 16.4 Å². The quantitative estimate of drug-likeness (QED) is 0.428. The molecule has 9 heteroatoms. The van der Waals surface area contributed by atoms with E-state index in [0.717, 1.165) is 23.1 Å². The van der Waals surface area contributed by atoms with Crippen LogP contribution in [-0.2, 0) is 13.0 Å². The predicted octanol–water partition coefficient (Wildman–Crippen LogP) is 5.01. The van der Waals surface area contributed by atoms with Crippen molar-refractivity contribution in [1.82, 2.24) is 24.7 Å². The van der Waals surface area contributed by atoms with Crippen LogP contribution in [0, 0.1) is 11.6 Å². The summed E-state index contributed by atoms with van der Waals surface area (Å²) in [6.07, 6.45) is 5.57. The number of thiazole rings is 1. The Labute approximate surface area is 168 Å². The van der Waals surface area contributed by atoms with Crippen molar-refractivity contribution in [2.45, 2.75) is 19.9 Å². The molecule has 4 aromatic rings. The maximum atomic E-state index is 14.4. The molecule has 0 atom stereocenters. The van der Waals surface area contributed by atoms with E-state index in [1.807, 2.05) is 18.4 Å². The van der Waals surface area contributed by atoms with Crippen LogP contribution in [0.4, 0.5) is 8.78 Å². The number of rotatable bonds is 5. The van der Waals surface area contributed by atoms with E-state index in [2.05, 4.69) is 20.2 Å². The Morgan fingerprint density at radius 1 is 1.14 bits per heavy atom. The van der Waals surface area contributed by atoms with Crippen molar-refractivity contribution in [3.63, 3.8) is 0 Å². The van der Waals surface area contributed by atoms with Gasteiger partial charge in [0.1, 0.15) is 22.3 Å². The second-order valence-electron chi connectivity index (χ2n) is 5.99. The molecule has 4 rings (SSSR count). The van der Waals surface area contributed by atoms with Gasteiger partial charge >= 0.3 is 0 Å². The van der Waals surface area contributed by atoms with Gasteiger partial charge in [-0.05, 0) is 30.2 Å². The Morgan fingerprint density at radius 3 is 2.75 bits per heavy atom. The Bertz CT molecular complexity index is 1130. The molecule has 0 aliphatic rings. The van der Waals surface area contributed by atoms with E-state index >= 15 is 0 Å². The van der Waals surface area contributed by atoms with Crippen LogP contribution in [0.1, 0.15) is 18.2 Å². The Hall–Kier alpha value is -2.71.